The summed E-state index contributed by atoms with van der Waals surface area (Å²) in [4.78, 5) is 11.3. The SMILES string of the molecule is CCOC(=O)CC(C)Nc1cc(Cl)c(Cl)cc1Cl. The van der Waals surface area contributed by atoms with Crippen LogP contribution in [0.4, 0.5) is 5.69 Å². The summed E-state index contributed by atoms with van der Waals surface area (Å²) >= 11 is 17.8. The molecular formula is C12H14Cl3NO2. The van der Waals surface area contributed by atoms with E-state index in [1.807, 2.05) is 6.92 Å². The van der Waals surface area contributed by atoms with Crippen LogP contribution in [0.1, 0.15) is 20.3 Å². The van der Waals surface area contributed by atoms with E-state index in [1.165, 1.54) is 0 Å². The van der Waals surface area contributed by atoms with Crippen LogP contribution in [0.25, 0.3) is 0 Å². The van der Waals surface area contributed by atoms with Gasteiger partial charge in [0.1, 0.15) is 0 Å². The molecule has 1 aromatic rings. The maximum atomic E-state index is 11.3. The highest BCUT2D eigenvalue weighted by Gasteiger charge is 2.12. The second kappa shape index (κ2) is 7.07. The molecule has 0 spiro atoms. The maximum Gasteiger partial charge on any atom is 0.307 e. The molecule has 0 aliphatic rings. The molecule has 1 rings (SSSR count). The van der Waals surface area contributed by atoms with Crippen LogP contribution in [0.2, 0.25) is 15.1 Å². The highest BCUT2D eigenvalue weighted by molar-refractivity contribution is 6.44. The molecule has 0 saturated carbocycles. The van der Waals surface area contributed by atoms with Crippen molar-refractivity contribution in [3.05, 3.63) is 27.2 Å². The lowest BCUT2D eigenvalue weighted by atomic mass is 10.2. The summed E-state index contributed by atoms with van der Waals surface area (Å²) in [6, 6.07) is 3.08. The Labute approximate surface area is 121 Å². The molecule has 1 unspecified atom stereocenters. The zero-order valence-electron chi connectivity index (χ0n) is 10.1. The molecule has 0 aliphatic heterocycles. The number of anilines is 1. The summed E-state index contributed by atoms with van der Waals surface area (Å²) in [7, 11) is 0. The van der Waals surface area contributed by atoms with Crippen molar-refractivity contribution in [1.82, 2.24) is 0 Å². The molecular weight excluding hydrogens is 296 g/mol. The predicted molar refractivity (Wildman–Crippen MR) is 75.8 cm³/mol. The van der Waals surface area contributed by atoms with Gasteiger partial charge in [0, 0.05) is 6.04 Å². The van der Waals surface area contributed by atoms with E-state index in [4.69, 9.17) is 39.5 Å². The smallest absolute Gasteiger partial charge is 0.307 e. The number of halogens is 3. The highest BCUT2D eigenvalue weighted by Crippen LogP contribution is 2.32. The summed E-state index contributed by atoms with van der Waals surface area (Å²) in [5.74, 6) is -0.256. The first-order valence-electron chi connectivity index (χ1n) is 5.50. The van der Waals surface area contributed by atoms with Gasteiger partial charge in [-0.3, -0.25) is 4.79 Å². The van der Waals surface area contributed by atoms with Gasteiger partial charge in [0.25, 0.3) is 0 Å². The van der Waals surface area contributed by atoms with Gasteiger partial charge in [-0.1, -0.05) is 34.8 Å². The minimum Gasteiger partial charge on any atom is -0.466 e. The fraction of sp³-hybridized carbons (Fsp3) is 0.417. The molecule has 3 nitrogen and oxygen atoms in total. The van der Waals surface area contributed by atoms with E-state index in [1.54, 1.807) is 19.1 Å². The number of nitrogens with one attached hydrogen (secondary N) is 1. The monoisotopic (exact) mass is 309 g/mol. The molecule has 1 atom stereocenters. The van der Waals surface area contributed by atoms with E-state index in [2.05, 4.69) is 5.32 Å². The summed E-state index contributed by atoms with van der Waals surface area (Å²) in [5.41, 5.74) is 0.642. The van der Waals surface area contributed by atoms with Gasteiger partial charge < -0.3 is 10.1 Å². The number of esters is 1. The van der Waals surface area contributed by atoms with Crippen LogP contribution in [-0.4, -0.2) is 18.6 Å². The normalized spacial score (nSPS) is 12.1. The van der Waals surface area contributed by atoms with E-state index in [0.717, 1.165) is 0 Å². The fourth-order valence-electron chi connectivity index (χ4n) is 1.42. The number of benzene rings is 1. The van der Waals surface area contributed by atoms with Gasteiger partial charge in [-0.05, 0) is 26.0 Å². The first-order valence-corrected chi connectivity index (χ1v) is 6.64. The molecule has 0 heterocycles. The average molecular weight is 311 g/mol. The van der Waals surface area contributed by atoms with Crippen LogP contribution < -0.4 is 5.32 Å². The van der Waals surface area contributed by atoms with E-state index in [9.17, 15) is 4.79 Å². The summed E-state index contributed by atoms with van der Waals surface area (Å²) in [6.07, 6.45) is 0.254. The molecule has 0 radical (unpaired) electrons. The van der Waals surface area contributed by atoms with Gasteiger partial charge >= 0.3 is 5.97 Å². The quantitative estimate of drug-likeness (QED) is 0.647. The first kappa shape index (κ1) is 15.4. The number of ether oxygens (including phenoxy) is 1. The Bertz CT molecular complexity index is 438. The molecule has 18 heavy (non-hydrogen) atoms. The van der Waals surface area contributed by atoms with Gasteiger partial charge in [0.05, 0.1) is 33.8 Å². The Balaban J connectivity index is 2.67. The van der Waals surface area contributed by atoms with Crippen molar-refractivity contribution in [1.29, 1.82) is 0 Å². The number of hydrogen-bond donors (Lipinski definition) is 1. The molecule has 6 heteroatoms. The van der Waals surface area contributed by atoms with Crippen LogP contribution in [0.5, 0.6) is 0 Å². The Morgan fingerprint density at radius 3 is 2.50 bits per heavy atom. The van der Waals surface area contributed by atoms with Crippen molar-refractivity contribution in [3.63, 3.8) is 0 Å². The minimum absolute atomic E-state index is 0.112. The van der Waals surface area contributed by atoms with Crippen LogP contribution in [0.3, 0.4) is 0 Å². The van der Waals surface area contributed by atoms with Crippen LogP contribution in [-0.2, 0) is 9.53 Å². The Kier molecular flexibility index (Phi) is 6.06. The van der Waals surface area contributed by atoms with Gasteiger partial charge in [-0.15, -0.1) is 0 Å². The number of carbonyl (C=O) groups is 1. The topological polar surface area (TPSA) is 38.3 Å². The lowest BCUT2D eigenvalue weighted by Gasteiger charge is -2.16. The third kappa shape index (κ3) is 4.56. The molecule has 0 saturated heterocycles. The highest BCUT2D eigenvalue weighted by atomic mass is 35.5. The molecule has 1 aromatic carbocycles. The van der Waals surface area contributed by atoms with Crippen molar-refractivity contribution >= 4 is 46.5 Å². The zero-order valence-corrected chi connectivity index (χ0v) is 12.4. The van der Waals surface area contributed by atoms with E-state index in [0.29, 0.717) is 27.4 Å². The van der Waals surface area contributed by atoms with Crippen LogP contribution >= 0.6 is 34.8 Å². The summed E-state index contributed by atoms with van der Waals surface area (Å²) < 4.78 is 4.86. The van der Waals surface area contributed by atoms with Gasteiger partial charge in [0.15, 0.2) is 0 Å². The van der Waals surface area contributed by atoms with Crippen LogP contribution in [0, 0.1) is 0 Å². The van der Waals surface area contributed by atoms with Crippen molar-refractivity contribution in [3.8, 4) is 0 Å². The standard InChI is InChI=1S/C12H14Cl3NO2/c1-3-18-12(17)4-7(2)16-11-6-9(14)8(13)5-10(11)15/h5-7,16H,3-4H2,1-2H3. The fourth-order valence-corrected chi connectivity index (χ4v) is 2.02. The van der Waals surface area contributed by atoms with Crippen molar-refractivity contribution in [2.75, 3.05) is 11.9 Å². The van der Waals surface area contributed by atoms with Crippen molar-refractivity contribution in [2.45, 2.75) is 26.3 Å². The molecule has 100 valence electrons. The summed E-state index contributed by atoms with van der Waals surface area (Å²) in [6.45, 7) is 4.00. The number of carbonyl (C=O) groups excluding carboxylic acids is 1. The van der Waals surface area contributed by atoms with E-state index < -0.39 is 0 Å². The van der Waals surface area contributed by atoms with Crippen molar-refractivity contribution < 1.29 is 9.53 Å². The second-order valence-corrected chi connectivity index (χ2v) is 5.02. The molecule has 0 bridgehead atoms. The molecule has 1 N–H and O–H groups in total. The van der Waals surface area contributed by atoms with Gasteiger partial charge in [0.2, 0.25) is 0 Å². The Morgan fingerprint density at radius 2 is 1.89 bits per heavy atom. The van der Waals surface area contributed by atoms with E-state index >= 15 is 0 Å². The third-order valence-electron chi connectivity index (χ3n) is 2.19. The molecule has 0 aromatic heterocycles. The van der Waals surface area contributed by atoms with Crippen LogP contribution in [0.15, 0.2) is 12.1 Å². The second-order valence-electron chi connectivity index (χ2n) is 3.80. The number of hydrogen-bond acceptors (Lipinski definition) is 3. The summed E-state index contributed by atoms with van der Waals surface area (Å²) in [5, 5.41) is 4.35. The lowest BCUT2D eigenvalue weighted by molar-refractivity contribution is -0.143. The first-order chi connectivity index (χ1) is 8.43. The zero-order chi connectivity index (χ0) is 13.7. The Morgan fingerprint density at radius 1 is 1.28 bits per heavy atom. The third-order valence-corrected chi connectivity index (χ3v) is 3.22. The maximum absolute atomic E-state index is 11.3. The van der Waals surface area contributed by atoms with Gasteiger partial charge in [-0.2, -0.15) is 0 Å². The minimum atomic E-state index is -0.256. The predicted octanol–water partition coefficient (Wildman–Crippen LogP) is 4.40. The lowest BCUT2D eigenvalue weighted by Crippen LogP contribution is -2.21. The van der Waals surface area contributed by atoms with Gasteiger partial charge in [-0.25, -0.2) is 0 Å². The number of rotatable bonds is 5. The average Bonchev–Trinajstić information content (AvgIpc) is 2.26. The van der Waals surface area contributed by atoms with E-state index in [-0.39, 0.29) is 18.4 Å². The molecule has 0 fully saturated rings. The molecule has 0 amide bonds. The molecule has 0 aliphatic carbocycles. The van der Waals surface area contributed by atoms with Crippen molar-refractivity contribution in [2.24, 2.45) is 0 Å². The Hall–Kier alpha value is -0.640. The largest absolute Gasteiger partial charge is 0.466 e.